The second kappa shape index (κ2) is 7.28. The number of hydrogen-bond acceptors (Lipinski definition) is 4. The quantitative estimate of drug-likeness (QED) is 0.884. The second-order valence-corrected chi connectivity index (χ2v) is 7.10. The Kier molecular flexibility index (Phi) is 5.07. The van der Waals surface area contributed by atoms with Crippen LogP contribution in [0.25, 0.3) is 0 Å². The maximum Gasteiger partial charge on any atom is 0.261 e. The number of benzene rings is 2. The molecule has 1 N–H and O–H groups in total. The Labute approximate surface area is 154 Å². The van der Waals surface area contributed by atoms with Gasteiger partial charge in [-0.1, -0.05) is 18.2 Å². The third-order valence-electron chi connectivity index (χ3n) is 4.42. The zero-order valence-electron chi connectivity index (χ0n) is 15.6. The molecular formula is C21H25NO4. The molecule has 1 amide bonds. The summed E-state index contributed by atoms with van der Waals surface area (Å²) in [6, 6.07) is 14.8. The minimum Gasteiger partial charge on any atom is -0.497 e. The molecular weight excluding hydrogens is 330 g/mol. The van der Waals surface area contributed by atoms with E-state index in [1.54, 1.807) is 14.0 Å². The number of para-hydroxylation sites is 1. The number of nitrogens with one attached hydrogen (secondary N) is 1. The molecule has 2 atom stereocenters. The van der Waals surface area contributed by atoms with Crippen LogP contribution in [0, 0.1) is 0 Å². The molecule has 0 radical (unpaired) electrons. The molecule has 2 aromatic rings. The molecule has 26 heavy (non-hydrogen) atoms. The summed E-state index contributed by atoms with van der Waals surface area (Å²) in [5, 5.41) is 3.10. The normalized spacial score (nSPS) is 18.8. The lowest BCUT2D eigenvalue weighted by atomic mass is 9.89. The topological polar surface area (TPSA) is 56.8 Å². The van der Waals surface area contributed by atoms with Crippen LogP contribution in [0.15, 0.2) is 48.5 Å². The molecule has 2 aromatic carbocycles. The molecule has 0 aromatic heterocycles. The molecule has 138 valence electrons. The van der Waals surface area contributed by atoms with Gasteiger partial charge in [0.25, 0.3) is 5.91 Å². The van der Waals surface area contributed by atoms with Crippen LogP contribution in [0.1, 0.15) is 38.8 Å². The third kappa shape index (κ3) is 4.10. The molecule has 0 spiro atoms. The first-order valence-electron chi connectivity index (χ1n) is 8.77. The summed E-state index contributed by atoms with van der Waals surface area (Å²) < 4.78 is 17.1. The molecule has 5 heteroatoms. The Morgan fingerprint density at radius 2 is 1.92 bits per heavy atom. The van der Waals surface area contributed by atoms with Gasteiger partial charge in [0.15, 0.2) is 6.10 Å². The van der Waals surface area contributed by atoms with Crippen molar-refractivity contribution in [1.82, 2.24) is 5.32 Å². The van der Waals surface area contributed by atoms with E-state index in [4.69, 9.17) is 14.2 Å². The van der Waals surface area contributed by atoms with Crippen molar-refractivity contribution in [3.63, 3.8) is 0 Å². The molecule has 0 saturated carbocycles. The van der Waals surface area contributed by atoms with Gasteiger partial charge in [0, 0.05) is 12.0 Å². The van der Waals surface area contributed by atoms with Crippen LogP contribution in [0.3, 0.4) is 0 Å². The highest BCUT2D eigenvalue weighted by atomic mass is 16.5. The van der Waals surface area contributed by atoms with Gasteiger partial charge in [0.2, 0.25) is 0 Å². The van der Waals surface area contributed by atoms with Crippen LogP contribution >= 0.6 is 0 Å². The first kappa shape index (κ1) is 18.1. The van der Waals surface area contributed by atoms with E-state index in [1.807, 2.05) is 62.4 Å². The Hall–Kier alpha value is -2.69. The van der Waals surface area contributed by atoms with Gasteiger partial charge in [-0.3, -0.25) is 4.79 Å². The Bertz CT molecular complexity index is 773. The van der Waals surface area contributed by atoms with Crippen molar-refractivity contribution in [3.05, 3.63) is 54.1 Å². The maximum absolute atomic E-state index is 12.7. The summed E-state index contributed by atoms with van der Waals surface area (Å²) in [7, 11) is 1.62. The second-order valence-electron chi connectivity index (χ2n) is 7.10. The molecule has 1 aliphatic heterocycles. The van der Waals surface area contributed by atoms with Gasteiger partial charge in [0.1, 0.15) is 22.8 Å². The minimum absolute atomic E-state index is 0.162. The van der Waals surface area contributed by atoms with Crippen molar-refractivity contribution in [1.29, 1.82) is 0 Å². The Morgan fingerprint density at radius 1 is 1.19 bits per heavy atom. The van der Waals surface area contributed by atoms with E-state index >= 15 is 0 Å². The average molecular weight is 355 g/mol. The number of hydrogen-bond donors (Lipinski definition) is 1. The average Bonchev–Trinajstić information content (AvgIpc) is 2.61. The SMILES string of the molecule is COc1ccc2c(c1)C(NC(=O)C(C)Oc1ccccc1)CC(C)(C)O2. The van der Waals surface area contributed by atoms with Gasteiger partial charge in [-0.2, -0.15) is 0 Å². The van der Waals surface area contributed by atoms with E-state index in [-0.39, 0.29) is 17.6 Å². The van der Waals surface area contributed by atoms with Crippen molar-refractivity contribution in [2.75, 3.05) is 7.11 Å². The Morgan fingerprint density at radius 3 is 2.62 bits per heavy atom. The van der Waals surface area contributed by atoms with Crippen LogP contribution in [0.4, 0.5) is 0 Å². The predicted molar refractivity (Wildman–Crippen MR) is 99.7 cm³/mol. The molecule has 0 fully saturated rings. The minimum atomic E-state index is -0.600. The van der Waals surface area contributed by atoms with Crippen LogP contribution in [-0.2, 0) is 4.79 Å². The first-order valence-corrected chi connectivity index (χ1v) is 8.77. The zero-order valence-corrected chi connectivity index (χ0v) is 15.6. The first-order chi connectivity index (χ1) is 12.4. The summed E-state index contributed by atoms with van der Waals surface area (Å²) in [5.74, 6) is 2.01. The van der Waals surface area contributed by atoms with E-state index in [0.29, 0.717) is 12.2 Å². The van der Waals surface area contributed by atoms with Gasteiger partial charge in [0.05, 0.1) is 13.2 Å². The van der Waals surface area contributed by atoms with Crippen LogP contribution < -0.4 is 19.5 Å². The summed E-state index contributed by atoms with van der Waals surface area (Å²) in [6.45, 7) is 5.78. The third-order valence-corrected chi connectivity index (χ3v) is 4.42. The number of carbonyl (C=O) groups excluding carboxylic acids is 1. The number of carbonyl (C=O) groups is 1. The van der Waals surface area contributed by atoms with E-state index in [9.17, 15) is 4.79 Å². The highest BCUT2D eigenvalue weighted by Crippen LogP contribution is 2.41. The summed E-state index contributed by atoms with van der Waals surface area (Å²) in [5.41, 5.74) is 0.548. The number of fused-ring (bicyclic) bond motifs is 1. The predicted octanol–water partition coefficient (Wildman–Crippen LogP) is 3.88. The number of amides is 1. The van der Waals surface area contributed by atoms with E-state index in [0.717, 1.165) is 17.1 Å². The van der Waals surface area contributed by atoms with E-state index in [2.05, 4.69) is 5.32 Å². The highest BCUT2D eigenvalue weighted by Gasteiger charge is 2.35. The lowest BCUT2D eigenvalue weighted by molar-refractivity contribution is -0.128. The number of ether oxygens (including phenoxy) is 3. The van der Waals surface area contributed by atoms with Crippen LogP contribution in [0.5, 0.6) is 17.2 Å². The van der Waals surface area contributed by atoms with E-state index < -0.39 is 6.10 Å². The van der Waals surface area contributed by atoms with Crippen molar-refractivity contribution < 1.29 is 19.0 Å². The van der Waals surface area contributed by atoms with Gasteiger partial charge in [-0.05, 0) is 51.1 Å². The summed E-state index contributed by atoms with van der Waals surface area (Å²) >= 11 is 0. The largest absolute Gasteiger partial charge is 0.497 e. The van der Waals surface area contributed by atoms with Crippen LogP contribution in [-0.4, -0.2) is 24.7 Å². The molecule has 0 saturated heterocycles. The molecule has 1 heterocycles. The van der Waals surface area contributed by atoms with Crippen molar-refractivity contribution >= 4 is 5.91 Å². The fourth-order valence-electron chi connectivity index (χ4n) is 3.13. The molecule has 0 bridgehead atoms. The van der Waals surface area contributed by atoms with Crippen molar-refractivity contribution in [3.8, 4) is 17.2 Å². The van der Waals surface area contributed by atoms with E-state index in [1.165, 1.54) is 0 Å². The fraction of sp³-hybridized carbons (Fsp3) is 0.381. The summed E-state index contributed by atoms with van der Waals surface area (Å²) in [4.78, 5) is 12.7. The van der Waals surface area contributed by atoms with Gasteiger partial charge < -0.3 is 19.5 Å². The lowest BCUT2D eigenvalue weighted by Crippen LogP contribution is -2.44. The van der Waals surface area contributed by atoms with Crippen LogP contribution in [0.2, 0.25) is 0 Å². The Balaban J connectivity index is 1.77. The lowest BCUT2D eigenvalue weighted by Gasteiger charge is -2.38. The molecule has 2 unspecified atom stereocenters. The maximum atomic E-state index is 12.7. The fourth-order valence-corrected chi connectivity index (χ4v) is 3.13. The summed E-state index contributed by atoms with van der Waals surface area (Å²) in [6.07, 6.45) is 0.0640. The standard InChI is InChI=1S/C21H25NO4/c1-14(25-15-8-6-5-7-9-15)20(23)22-18-13-21(2,3)26-19-11-10-16(24-4)12-17(18)19/h5-12,14,18H,13H2,1-4H3,(H,22,23). The highest BCUT2D eigenvalue weighted by molar-refractivity contribution is 5.81. The molecule has 0 aliphatic carbocycles. The number of rotatable bonds is 5. The van der Waals surface area contributed by atoms with Gasteiger partial charge in [-0.15, -0.1) is 0 Å². The molecule has 1 aliphatic rings. The molecule has 3 rings (SSSR count). The molecule has 5 nitrogen and oxygen atoms in total. The monoisotopic (exact) mass is 355 g/mol. The van der Waals surface area contributed by atoms with Gasteiger partial charge >= 0.3 is 0 Å². The number of methoxy groups -OCH3 is 1. The smallest absolute Gasteiger partial charge is 0.261 e. The van der Waals surface area contributed by atoms with Crippen molar-refractivity contribution in [2.45, 2.75) is 44.9 Å². The van der Waals surface area contributed by atoms with Crippen molar-refractivity contribution in [2.24, 2.45) is 0 Å². The zero-order chi connectivity index (χ0) is 18.7. The van der Waals surface area contributed by atoms with Gasteiger partial charge in [-0.25, -0.2) is 0 Å².